The van der Waals surface area contributed by atoms with E-state index in [0.29, 0.717) is 9.13 Å². The summed E-state index contributed by atoms with van der Waals surface area (Å²) in [4.78, 5) is 3.62. The molecule has 0 fully saturated rings. The van der Waals surface area contributed by atoms with Gasteiger partial charge in [-0.2, -0.15) is 5.26 Å². The first-order valence-electron chi connectivity index (χ1n) is 3.67. The maximum absolute atomic E-state index is 12.4. The Morgan fingerprint density at radius 1 is 1.64 bits per heavy atom. The lowest BCUT2D eigenvalue weighted by Crippen LogP contribution is -2.07. The lowest BCUT2D eigenvalue weighted by molar-refractivity contribution is 0.149. The van der Waals surface area contributed by atoms with Crippen molar-refractivity contribution in [2.75, 3.05) is 0 Å². The van der Waals surface area contributed by atoms with Crippen LogP contribution in [0.3, 0.4) is 0 Å². The Hall–Kier alpha value is -0.810. The molecule has 74 valence electrons. The first-order chi connectivity index (χ1) is 6.61. The molecule has 1 heterocycles. The number of nitriles is 1. The van der Waals surface area contributed by atoms with Gasteiger partial charge in [0.05, 0.1) is 3.57 Å². The fourth-order valence-corrected chi connectivity index (χ4v) is 1.80. The molecule has 0 unspecified atom stereocenters. The molecule has 0 saturated carbocycles. The van der Waals surface area contributed by atoms with Crippen molar-refractivity contribution in [1.29, 1.82) is 5.26 Å². The summed E-state index contributed by atoms with van der Waals surface area (Å²) in [5, 5.41) is 8.62. The Bertz CT molecular complexity index is 387. The van der Waals surface area contributed by atoms with Crippen LogP contribution in [-0.2, 0) is 6.54 Å². The van der Waals surface area contributed by atoms with E-state index >= 15 is 0 Å². The van der Waals surface area contributed by atoms with Gasteiger partial charge >= 0.3 is 0 Å². The number of halogens is 3. The van der Waals surface area contributed by atoms with Crippen LogP contribution in [0.15, 0.2) is 6.20 Å². The highest BCUT2D eigenvalue weighted by molar-refractivity contribution is 14.1. The maximum atomic E-state index is 12.4. The number of alkyl halides is 2. The molecule has 14 heavy (non-hydrogen) atoms. The summed E-state index contributed by atoms with van der Waals surface area (Å²) in [6.45, 7) is -0.0187. The molecule has 0 saturated heterocycles. The molecule has 0 aliphatic rings. The quantitative estimate of drug-likeness (QED) is 0.849. The smallest absolute Gasteiger partial charge is 0.265 e. The molecule has 6 heteroatoms. The molecule has 1 rings (SSSR count). The molecule has 2 N–H and O–H groups in total. The van der Waals surface area contributed by atoms with Crippen LogP contribution in [-0.4, -0.2) is 4.98 Å². The fourth-order valence-electron chi connectivity index (χ4n) is 1.01. The molecule has 3 nitrogen and oxygen atoms in total. The SMILES string of the molecule is N#Cc1ncc(C(F)F)c(CN)c1I. The number of pyridine rings is 1. The molecule has 0 atom stereocenters. The second-order valence-electron chi connectivity index (χ2n) is 2.47. The van der Waals surface area contributed by atoms with E-state index < -0.39 is 6.43 Å². The molecule has 0 bridgehead atoms. The summed E-state index contributed by atoms with van der Waals surface area (Å²) >= 11 is 1.80. The van der Waals surface area contributed by atoms with Gasteiger partial charge in [0.1, 0.15) is 6.07 Å². The van der Waals surface area contributed by atoms with Crippen molar-refractivity contribution < 1.29 is 8.78 Å². The highest BCUT2D eigenvalue weighted by Gasteiger charge is 2.17. The van der Waals surface area contributed by atoms with E-state index in [-0.39, 0.29) is 17.8 Å². The van der Waals surface area contributed by atoms with E-state index in [1.807, 2.05) is 6.07 Å². The highest BCUT2D eigenvalue weighted by Crippen LogP contribution is 2.26. The molecule has 0 spiro atoms. The van der Waals surface area contributed by atoms with E-state index in [2.05, 4.69) is 4.98 Å². The molecule has 0 radical (unpaired) electrons. The third-order valence-electron chi connectivity index (χ3n) is 1.70. The van der Waals surface area contributed by atoms with E-state index in [1.165, 1.54) is 0 Å². The van der Waals surface area contributed by atoms with Crippen molar-refractivity contribution in [3.8, 4) is 6.07 Å². The summed E-state index contributed by atoms with van der Waals surface area (Å²) in [5.74, 6) is 0. The maximum Gasteiger partial charge on any atom is 0.265 e. The zero-order valence-electron chi connectivity index (χ0n) is 6.97. The first kappa shape index (κ1) is 11.3. The van der Waals surface area contributed by atoms with Crippen LogP contribution in [0.1, 0.15) is 23.2 Å². The number of hydrogen-bond donors (Lipinski definition) is 1. The van der Waals surface area contributed by atoms with Gasteiger partial charge in [-0.1, -0.05) is 0 Å². The van der Waals surface area contributed by atoms with Gasteiger partial charge < -0.3 is 5.73 Å². The third-order valence-corrected chi connectivity index (χ3v) is 2.86. The van der Waals surface area contributed by atoms with E-state index in [1.54, 1.807) is 22.6 Å². The third kappa shape index (κ3) is 1.99. The number of nitrogens with two attached hydrogens (primary N) is 1. The number of nitrogens with zero attached hydrogens (tertiary/aromatic N) is 2. The van der Waals surface area contributed by atoms with Crippen molar-refractivity contribution in [2.24, 2.45) is 5.73 Å². The highest BCUT2D eigenvalue weighted by atomic mass is 127. The van der Waals surface area contributed by atoms with Crippen molar-refractivity contribution in [2.45, 2.75) is 13.0 Å². The van der Waals surface area contributed by atoms with Gasteiger partial charge in [-0.3, -0.25) is 0 Å². The molecule has 0 aromatic carbocycles. The predicted molar refractivity (Wildman–Crippen MR) is 54.5 cm³/mol. The minimum atomic E-state index is -2.61. The summed E-state index contributed by atoms with van der Waals surface area (Å²) in [5.41, 5.74) is 5.57. The average molecular weight is 309 g/mol. The zero-order valence-corrected chi connectivity index (χ0v) is 9.12. The van der Waals surface area contributed by atoms with Gasteiger partial charge in [0.2, 0.25) is 0 Å². The molecule has 0 amide bonds. The minimum absolute atomic E-state index is 0.0187. The Balaban J connectivity index is 3.38. The van der Waals surface area contributed by atoms with Crippen molar-refractivity contribution >= 4 is 22.6 Å². The monoisotopic (exact) mass is 309 g/mol. The lowest BCUT2D eigenvalue weighted by Gasteiger charge is -2.08. The van der Waals surface area contributed by atoms with Gasteiger partial charge in [-0.25, -0.2) is 13.8 Å². The van der Waals surface area contributed by atoms with Crippen LogP contribution in [0, 0.1) is 14.9 Å². The summed E-state index contributed by atoms with van der Waals surface area (Å²) in [6.07, 6.45) is -1.60. The Labute approximate surface area is 93.1 Å². The molecular weight excluding hydrogens is 303 g/mol. The van der Waals surface area contributed by atoms with Gasteiger partial charge in [-0.15, -0.1) is 0 Å². The average Bonchev–Trinajstić information content (AvgIpc) is 2.17. The summed E-state index contributed by atoms with van der Waals surface area (Å²) in [6, 6.07) is 1.82. The van der Waals surface area contributed by atoms with Crippen molar-refractivity contribution in [1.82, 2.24) is 4.98 Å². The van der Waals surface area contributed by atoms with Crippen LogP contribution in [0.2, 0.25) is 0 Å². The summed E-state index contributed by atoms with van der Waals surface area (Å²) < 4.78 is 25.3. The largest absolute Gasteiger partial charge is 0.326 e. The molecule has 1 aromatic heterocycles. The Kier molecular flexibility index (Phi) is 3.71. The van der Waals surface area contributed by atoms with Crippen molar-refractivity contribution in [3.05, 3.63) is 26.6 Å². The molecule has 0 aliphatic carbocycles. The minimum Gasteiger partial charge on any atom is -0.326 e. The molecule has 0 aliphatic heterocycles. The van der Waals surface area contributed by atoms with E-state index in [9.17, 15) is 8.78 Å². The van der Waals surface area contributed by atoms with Crippen LogP contribution in [0.5, 0.6) is 0 Å². The van der Waals surface area contributed by atoms with Crippen LogP contribution in [0.25, 0.3) is 0 Å². The predicted octanol–water partition coefficient (Wildman–Crippen LogP) is 1.95. The van der Waals surface area contributed by atoms with Crippen LogP contribution >= 0.6 is 22.6 Å². The molecule has 1 aromatic rings. The van der Waals surface area contributed by atoms with Crippen LogP contribution < -0.4 is 5.73 Å². The van der Waals surface area contributed by atoms with Crippen LogP contribution in [0.4, 0.5) is 8.78 Å². The second kappa shape index (κ2) is 4.61. The van der Waals surface area contributed by atoms with Crippen molar-refractivity contribution in [3.63, 3.8) is 0 Å². The Morgan fingerprint density at radius 3 is 2.71 bits per heavy atom. The second-order valence-corrected chi connectivity index (χ2v) is 3.55. The number of aromatic nitrogens is 1. The standard InChI is InChI=1S/C8H6F2IN3/c9-8(10)5-3-14-6(2-13)7(11)4(5)1-12/h3,8H,1,12H2. The number of rotatable bonds is 2. The van der Waals surface area contributed by atoms with E-state index in [0.717, 1.165) is 6.20 Å². The fraction of sp³-hybridized carbons (Fsp3) is 0.250. The van der Waals surface area contributed by atoms with Gasteiger partial charge in [0.15, 0.2) is 5.69 Å². The van der Waals surface area contributed by atoms with Gasteiger partial charge in [-0.05, 0) is 28.2 Å². The first-order valence-corrected chi connectivity index (χ1v) is 4.75. The normalized spacial score (nSPS) is 10.3. The van der Waals surface area contributed by atoms with Gasteiger partial charge in [0, 0.05) is 18.3 Å². The zero-order chi connectivity index (χ0) is 10.7. The number of hydrogen-bond acceptors (Lipinski definition) is 3. The van der Waals surface area contributed by atoms with Gasteiger partial charge in [0.25, 0.3) is 6.43 Å². The summed E-state index contributed by atoms with van der Waals surface area (Å²) in [7, 11) is 0. The lowest BCUT2D eigenvalue weighted by atomic mass is 10.1. The molecular formula is C8H6F2IN3. The Morgan fingerprint density at radius 2 is 2.29 bits per heavy atom. The topological polar surface area (TPSA) is 62.7 Å². The van der Waals surface area contributed by atoms with E-state index in [4.69, 9.17) is 11.0 Å².